The third kappa shape index (κ3) is 2.98. The summed E-state index contributed by atoms with van der Waals surface area (Å²) < 4.78 is 10.7. The zero-order valence-corrected chi connectivity index (χ0v) is 12.7. The SMILES string of the molecule is c1ccc2c(SCC3CO3)c(SCC3CO3)ccc2c1. The van der Waals surface area contributed by atoms with Gasteiger partial charge >= 0.3 is 0 Å². The van der Waals surface area contributed by atoms with Crippen molar-refractivity contribution in [3.05, 3.63) is 36.4 Å². The molecule has 4 rings (SSSR count). The van der Waals surface area contributed by atoms with Gasteiger partial charge in [-0.25, -0.2) is 0 Å². The van der Waals surface area contributed by atoms with Crippen molar-refractivity contribution in [3.63, 3.8) is 0 Å². The Hall–Kier alpha value is -0.680. The lowest BCUT2D eigenvalue weighted by Crippen LogP contribution is -1.93. The number of epoxide rings is 2. The van der Waals surface area contributed by atoms with Crippen molar-refractivity contribution in [2.75, 3.05) is 24.7 Å². The highest BCUT2D eigenvalue weighted by Crippen LogP contribution is 2.39. The van der Waals surface area contributed by atoms with Gasteiger partial charge in [-0.15, -0.1) is 23.5 Å². The summed E-state index contributed by atoms with van der Waals surface area (Å²) in [5.74, 6) is 2.12. The molecule has 0 bridgehead atoms. The first-order chi connectivity index (χ1) is 9.90. The van der Waals surface area contributed by atoms with E-state index in [2.05, 4.69) is 36.4 Å². The maximum absolute atomic E-state index is 5.34. The highest BCUT2D eigenvalue weighted by molar-refractivity contribution is 8.02. The van der Waals surface area contributed by atoms with Gasteiger partial charge in [0.25, 0.3) is 0 Å². The van der Waals surface area contributed by atoms with E-state index < -0.39 is 0 Å². The molecule has 104 valence electrons. The molecule has 0 aliphatic carbocycles. The van der Waals surface area contributed by atoms with Gasteiger partial charge in [0.15, 0.2) is 0 Å². The summed E-state index contributed by atoms with van der Waals surface area (Å²) >= 11 is 3.85. The first-order valence-corrected chi connectivity index (χ1v) is 8.88. The largest absolute Gasteiger partial charge is 0.372 e. The normalized spacial score (nSPS) is 24.0. The smallest absolute Gasteiger partial charge is 0.0903 e. The van der Waals surface area contributed by atoms with E-state index in [9.17, 15) is 0 Å². The number of benzene rings is 2. The van der Waals surface area contributed by atoms with Crippen LogP contribution in [0.25, 0.3) is 10.8 Å². The fourth-order valence-electron chi connectivity index (χ4n) is 2.17. The second-order valence-electron chi connectivity index (χ2n) is 5.15. The Morgan fingerprint density at radius 3 is 2.35 bits per heavy atom. The Morgan fingerprint density at radius 1 is 0.900 bits per heavy atom. The summed E-state index contributed by atoms with van der Waals surface area (Å²) in [4.78, 5) is 2.79. The molecule has 0 radical (unpaired) electrons. The predicted octanol–water partition coefficient (Wildman–Crippen LogP) is 3.82. The topological polar surface area (TPSA) is 25.1 Å². The average Bonchev–Trinajstić information content (AvgIpc) is 3.37. The van der Waals surface area contributed by atoms with Crippen LogP contribution >= 0.6 is 23.5 Å². The van der Waals surface area contributed by atoms with Crippen LogP contribution in [0.5, 0.6) is 0 Å². The van der Waals surface area contributed by atoms with Crippen molar-refractivity contribution in [1.82, 2.24) is 0 Å². The van der Waals surface area contributed by atoms with Gasteiger partial charge in [0.1, 0.15) is 0 Å². The van der Waals surface area contributed by atoms with Crippen LogP contribution in [0.4, 0.5) is 0 Å². The van der Waals surface area contributed by atoms with Crippen molar-refractivity contribution >= 4 is 34.3 Å². The van der Waals surface area contributed by atoms with Crippen molar-refractivity contribution < 1.29 is 9.47 Å². The number of fused-ring (bicyclic) bond motifs is 1. The summed E-state index contributed by atoms with van der Waals surface area (Å²) in [6.07, 6.45) is 0.930. The van der Waals surface area contributed by atoms with Crippen molar-refractivity contribution in [2.45, 2.75) is 22.0 Å². The lowest BCUT2D eigenvalue weighted by molar-refractivity contribution is 0.425. The molecule has 0 spiro atoms. The van der Waals surface area contributed by atoms with Gasteiger partial charge in [-0.1, -0.05) is 30.3 Å². The van der Waals surface area contributed by atoms with E-state index in [4.69, 9.17) is 9.47 Å². The minimum absolute atomic E-state index is 0.462. The third-order valence-corrected chi connectivity index (χ3v) is 6.07. The molecule has 2 aliphatic rings. The second-order valence-corrected chi connectivity index (χ2v) is 7.24. The number of rotatable bonds is 6. The van der Waals surface area contributed by atoms with Crippen LogP contribution in [-0.4, -0.2) is 36.9 Å². The Balaban J connectivity index is 1.64. The summed E-state index contributed by atoms with van der Waals surface area (Å²) in [6, 6.07) is 13.1. The minimum atomic E-state index is 0.462. The molecular formula is C16H16O2S2. The fourth-order valence-corrected chi connectivity index (χ4v) is 4.59. The van der Waals surface area contributed by atoms with Crippen LogP contribution in [-0.2, 0) is 9.47 Å². The average molecular weight is 304 g/mol. The van der Waals surface area contributed by atoms with Gasteiger partial charge in [-0.3, -0.25) is 0 Å². The van der Waals surface area contributed by atoms with Crippen molar-refractivity contribution in [1.29, 1.82) is 0 Å². The van der Waals surface area contributed by atoms with E-state index in [-0.39, 0.29) is 0 Å². The fraction of sp³-hybridized carbons (Fsp3) is 0.375. The van der Waals surface area contributed by atoms with E-state index >= 15 is 0 Å². The number of hydrogen-bond acceptors (Lipinski definition) is 4. The zero-order chi connectivity index (χ0) is 13.4. The molecule has 0 N–H and O–H groups in total. The summed E-state index contributed by atoms with van der Waals surface area (Å²) in [6.45, 7) is 1.86. The maximum atomic E-state index is 5.34. The molecular weight excluding hydrogens is 288 g/mol. The number of thioether (sulfide) groups is 2. The van der Waals surface area contributed by atoms with Crippen LogP contribution in [0.1, 0.15) is 0 Å². The monoisotopic (exact) mass is 304 g/mol. The molecule has 2 aliphatic heterocycles. The maximum Gasteiger partial charge on any atom is 0.0903 e. The molecule has 2 aromatic rings. The van der Waals surface area contributed by atoms with Crippen LogP contribution in [0.3, 0.4) is 0 Å². The molecule has 0 aromatic heterocycles. The molecule has 2 nitrogen and oxygen atoms in total. The Morgan fingerprint density at radius 2 is 1.60 bits per heavy atom. The van der Waals surface area contributed by atoms with Gasteiger partial charge in [0.2, 0.25) is 0 Å². The standard InChI is InChI=1S/C16H16O2S2/c1-2-4-14-11(3-1)5-6-15(19-9-12-7-17-12)16(14)20-10-13-8-18-13/h1-6,12-13H,7-10H2. The Labute approximate surface area is 127 Å². The number of hydrogen-bond donors (Lipinski definition) is 0. The summed E-state index contributed by atoms with van der Waals surface area (Å²) in [5.41, 5.74) is 0. The molecule has 0 amide bonds. The van der Waals surface area contributed by atoms with Crippen LogP contribution < -0.4 is 0 Å². The second kappa shape index (κ2) is 5.60. The van der Waals surface area contributed by atoms with Gasteiger partial charge in [0.05, 0.1) is 25.4 Å². The van der Waals surface area contributed by atoms with Gasteiger partial charge < -0.3 is 9.47 Å². The van der Waals surface area contributed by atoms with E-state index in [0.717, 1.165) is 24.7 Å². The first kappa shape index (κ1) is 13.0. The molecule has 2 saturated heterocycles. The molecule has 2 atom stereocenters. The molecule has 2 fully saturated rings. The number of ether oxygens (including phenoxy) is 2. The highest BCUT2D eigenvalue weighted by atomic mass is 32.2. The molecule has 2 aromatic carbocycles. The quantitative estimate of drug-likeness (QED) is 0.598. The van der Waals surface area contributed by atoms with E-state index in [0.29, 0.717) is 12.2 Å². The van der Waals surface area contributed by atoms with Crippen LogP contribution in [0.15, 0.2) is 46.2 Å². The van der Waals surface area contributed by atoms with E-state index in [1.165, 1.54) is 20.6 Å². The summed E-state index contributed by atoms with van der Waals surface area (Å²) in [7, 11) is 0. The lowest BCUT2D eigenvalue weighted by atomic mass is 10.1. The van der Waals surface area contributed by atoms with Gasteiger partial charge in [0, 0.05) is 21.3 Å². The zero-order valence-electron chi connectivity index (χ0n) is 11.1. The van der Waals surface area contributed by atoms with Gasteiger partial charge in [-0.2, -0.15) is 0 Å². The molecule has 20 heavy (non-hydrogen) atoms. The highest BCUT2D eigenvalue weighted by Gasteiger charge is 2.25. The minimum Gasteiger partial charge on any atom is -0.372 e. The Bertz CT molecular complexity index is 621. The van der Waals surface area contributed by atoms with Crippen molar-refractivity contribution in [3.8, 4) is 0 Å². The van der Waals surface area contributed by atoms with Gasteiger partial charge in [-0.05, 0) is 16.8 Å². The first-order valence-electron chi connectivity index (χ1n) is 6.91. The lowest BCUT2D eigenvalue weighted by Gasteiger charge is -2.11. The predicted molar refractivity (Wildman–Crippen MR) is 84.9 cm³/mol. The van der Waals surface area contributed by atoms with E-state index in [1.807, 2.05) is 23.5 Å². The molecule has 2 heterocycles. The molecule has 4 heteroatoms. The Kier molecular flexibility index (Phi) is 3.65. The van der Waals surface area contributed by atoms with E-state index in [1.54, 1.807) is 0 Å². The van der Waals surface area contributed by atoms with Crippen LogP contribution in [0.2, 0.25) is 0 Å². The third-order valence-electron chi connectivity index (χ3n) is 3.49. The van der Waals surface area contributed by atoms with Crippen LogP contribution in [0, 0.1) is 0 Å². The molecule has 0 saturated carbocycles. The molecule has 2 unspecified atom stereocenters. The summed E-state index contributed by atoms with van der Waals surface area (Å²) in [5, 5.41) is 2.68. The van der Waals surface area contributed by atoms with Crippen molar-refractivity contribution in [2.24, 2.45) is 0 Å².